The first kappa shape index (κ1) is 19.6. The van der Waals surface area contributed by atoms with Crippen LogP contribution in [0.2, 0.25) is 0 Å². The molecule has 7 heteroatoms. The highest BCUT2D eigenvalue weighted by Crippen LogP contribution is 2.29. The van der Waals surface area contributed by atoms with Crippen molar-refractivity contribution in [3.8, 4) is 17.1 Å². The summed E-state index contributed by atoms with van der Waals surface area (Å²) in [4.78, 5) is 19.0. The zero-order valence-electron chi connectivity index (χ0n) is 16.8. The van der Waals surface area contributed by atoms with Crippen LogP contribution < -0.4 is 0 Å². The number of benzene rings is 1. The zero-order valence-corrected chi connectivity index (χ0v) is 17.6. The van der Waals surface area contributed by atoms with Crippen LogP contribution in [0.15, 0.2) is 53.9 Å². The molecule has 0 aliphatic carbocycles. The van der Waals surface area contributed by atoms with Gasteiger partial charge in [0.05, 0.1) is 11.4 Å². The molecule has 1 aliphatic heterocycles. The highest BCUT2D eigenvalue weighted by molar-refractivity contribution is 7.99. The van der Waals surface area contributed by atoms with E-state index in [1.165, 1.54) is 18.2 Å². The van der Waals surface area contributed by atoms with Gasteiger partial charge in [0, 0.05) is 31.0 Å². The number of para-hydroxylation sites is 1. The molecule has 3 heterocycles. The maximum Gasteiger partial charge on any atom is 0.233 e. The quantitative estimate of drug-likeness (QED) is 0.599. The van der Waals surface area contributed by atoms with Gasteiger partial charge in [-0.1, -0.05) is 36.9 Å². The summed E-state index contributed by atoms with van der Waals surface area (Å²) in [6.07, 6.45) is 5.81. The van der Waals surface area contributed by atoms with Crippen molar-refractivity contribution in [2.75, 3.05) is 18.8 Å². The molecule has 2 aromatic heterocycles. The number of hydrogen-bond donors (Lipinski definition) is 0. The Labute approximate surface area is 175 Å². The number of pyridine rings is 1. The number of likely N-dealkylation sites (tertiary alicyclic amines) is 1. The highest BCUT2D eigenvalue weighted by Gasteiger charge is 2.23. The Balaban J connectivity index is 1.63. The van der Waals surface area contributed by atoms with Crippen LogP contribution in [0.4, 0.5) is 0 Å². The largest absolute Gasteiger partial charge is 0.342 e. The van der Waals surface area contributed by atoms with Crippen molar-refractivity contribution < 1.29 is 4.79 Å². The molecular formula is C22H25N5OS. The van der Waals surface area contributed by atoms with Gasteiger partial charge in [-0.05, 0) is 49.4 Å². The van der Waals surface area contributed by atoms with Crippen molar-refractivity contribution in [2.24, 2.45) is 5.92 Å². The van der Waals surface area contributed by atoms with Crippen LogP contribution in [-0.4, -0.2) is 49.4 Å². The van der Waals surface area contributed by atoms with Crippen LogP contribution in [0.5, 0.6) is 0 Å². The van der Waals surface area contributed by atoms with Crippen molar-refractivity contribution >= 4 is 17.7 Å². The average Bonchev–Trinajstić information content (AvgIpc) is 3.16. The predicted octanol–water partition coefficient (Wildman–Crippen LogP) is 3.99. The van der Waals surface area contributed by atoms with Gasteiger partial charge < -0.3 is 4.90 Å². The molecule has 150 valence electrons. The maximum atomic E-state index is 12.7. The minimum atomic E-state index is 0.170. The Hall–Kier alpha value is -2.67. The van der Waals surface area contributed by atoms with E-state index in [-0.39, 0.29) is 5.91 Å². The molecule has 1 fully saturated rings. The number of rotatable bonds is 5. The fraction of sp³-hybridized carbons (Fsp3) is 0.364. The lowest BCUT2D eigenvalue weighted by molar-refractivity contribution is -0.130. The van der Waals surface area contributed by atoms with E-state index in [0.29, 0.717) is 11.7 Å². The molecule has 6 nitrogen and oxygen atoms in total. The summed E-state index contributed by atoms with van der Waals surface area (Å²) < 4.78 is 2.03. The molecule has 1 saturated heterocycles. The standard InChI is InChI=1S/C22H25N5OS/c1-16-7-6-12-26(14-16)20(28)15-29-22-25-24-21(18-9-5-11-23-13-18)27(22)19-10-4-3-8-17(19)2/h3-5,8-11,13,16H,6-7,12,14-15H2,1-2H3/t16-/m0/s1. The van der Waals surface area contributed by atoms with E-state index in [2.05, 4.69) is 41.2 Å². The Bertz CT molecular complexity index is 988. The van der Waals surface area contributed by atoms with Gasteiger partial charge in [0.25, 0.3) is 0 Å². The Kier molecular flexibility index (Phi) is 5.94. The lowest BCUT2D eigenvalue weighted by Gasteiger charge is -2.30. The molecule has 0 spiro atoms. The molecule has 1 aliphatic rings. The van der Waals surface area contributed by atoms with E-state index >= 15 is 0 Å². The molecule has 0 radical (unpaired) electrons. The zero-order chi connectivity index (χ0) is 20.2. The number of carbonyl (C=O) groups excluding carboxylic acids is 1. The van der Waals surface area contributed by atoms with Gasteiger partial charge in [0.1, 0.15) is 0 Å². The lowest BCUT2D eigenvalue weighted by Crippen LogP contribution is -2.40. The molecule has 1 amide bonds. The van der Waals surface area contributed by atoms with Crippen molar-refractivity contribution in [2.45, 2.75) is 31.8 Å². The molecular weight excluding hydrogens is 382 g/mol. The summed E-state index contributed by atoms with van der Waals surface area (Å²) in [7, 11) is 0. The molecule has 0 unspecified atom stereocenters. The lowest BCUT2D eigenvalue weighted by atomic mass is 10.0. The van der Waals surface area contributed by atoms with E-state index in [4.69, 9.17) is 0 Å². The van der Waals surface area contributed by atoms with Gasteiger partial charge in [-0.2, -0.15) is 0 Å². The average molecular weight is 408 g/mol. The van der Waals surface area contributed by atoms with Gasteiger partial charge in [0.15, 0.2) is 11.0 Å². The smallest absolute Gasteiger partial charge is 0.233 e. The summed E-state index contributed by atoms with van der Waals surface area (Å²) in [6.45, 7) is 5.98. The first-order valence-corrected chi connectivity index (χ1v) is 10.9. The van der Waals surface area contributed by atoms with E-state index in [1.54, 1.807) is 12.4 Å². The maximum absolute atomic E-state index is 12.7. The van der Waals surface area contributed by atoms with E-state index < -0.39 is 0 Å². The number of nitrogens with zero attached hydrogens (tertiary/aromatic N) is 5. The highest BCUT2D eigenvalue weighted by atomic mass is 32.2. The molecule has 1 atom stereocenters. The SMILES string of the molecule is Cc1ccccc1-n1c(SCC(=O)N2CCC[C@H](C)C2)nnc1-c1cccnc1. The molecule has 3 aromatic rings. The van der Waals surface area contributed by atoms with Crippen molar-refractivity contribution in [3.05, 3.63) is 54.4 Å². The van der Waals surface area contributed by atoms with Gasteiger partial charge in [0.2, 0.25) is 5.91 Å². The summed E-state index contributed by atoms with van der Waals surface area (Å²) in [5.41, 5.74) is 3.03. The van der Waals surface area contributed by atoms with Gasteiger partial charge >= 0.3 is 0 Å². The number of aromatic nitrogens is 4. The minimum absolute atomic E-state index is 0.170. The number of piperidine rings is 1. The van der Waals surface area contributed by atoms with Crippen molar-refractivity contribution in [1.29, 1.82) is 0 Å². The van der Waals surface area contributed by atoms with Gasteiger partial charge in [-0.25, -0.2) is 0 Å². The van der Waals surface area contributed by atoms with Crippen LogP contribution in [0.25, 0.3) is 17.1 Å². The van der Waals surface area contributed by atoms with Crippen molar-refractivity contribution in [1.82, 2.24) is 24.6 Å². The third kappa shape index (κ3) is 4.34. The predicted molar refractivity (Wildman–Crippen MR) is 115 cm³/mol. The summed E-state index contributed by atoms with van der Waals surface area (Å²) in [5, 5.41) is 9.57. The van der Waals surface area contributed by atoms with Gasteiger partial charge in [-0.3, -0.25) is 14.3 Å². The molecule has 4 rings (SSSR count). The Morgan fingerprint density at radius 3 is 2.83 bits per heavy atom. The van der Waals surface area contributed by atoms with Gasteiger partial charge in [-0.15, -0.1) is 10.2 Å². The van der Waals surface area contributed by atoms with Crippen LogP contribution in [0.3, 0.4) is 0 Å². The van der Waals surface area contributed by atoms with E-state index in [9.17, 15) is 4.79 Å². The van der Waals surface area contributed by atoms with Crippen LogP contribution in [0.1, 0.15) is 25.3 Å². The summed E-state index contributed by atoms with van der Waals surface area (Å²) >= 11 is 1.45. The second-order valence-corrected chi connectivity index (χ2v) is 8.49. The minimum Gasteiger partial charge on any atom is -0.342 e. The fourth-order valence-corrected chi connectivity index (χ4v) is 4.56. The first-order valence-electron chi connectivity index (χ1n) is 9.96. The van der Waals surface area contributed by atoms with Crippen LogP contribution >= 0.6 is 11.8 Å². The Morgan fingerprint density at radius 1 is 1.21 bits per heavy atom. The third-order valence-electron chi connectivity index (χ3n) is 5.24. The van der Waals surface area contributed by atoms with Crippen LogP contribution in [-0.2, 0) is 4.79 Å². The van der Waals surface area contributed by atoms with Crippen LogP contribution in [0, 0.1) is 12.8 Å². The molecule has 0 N–H and O–H groups in total. The fourth-order valence-electron chi connectivity index (χ4n) is 3.71. The molecule has 29 heavy (non-hydrogen) atoms. The topological polar surface area (TPSA) is 63.9 Å². The number of thioether (sulfide) groups is 1. The second kappa shape index (κ2) is 8.78. The summed E-state index contributed by atoms with van der Waals surface area (Å²) in [5.74, 6) is 1.84. The van der Waals surface area contributed by atoms with E-state index in [1.807, 2.05) is 33.7 Å². The Morgan fingerprint density at radius 2 is 2.07 bits per heavy atom. The molecule has 1 aromatic carbocycles. The molecule has 0 bridgehead atoms. The van der Waals surface area contributed by atoms with Crippen molar-refractivity contribution in [3.63, 3.8) is 0 Å². The second-order valence-electron chi connectivity index (χ2n) is 7.55. The van der Waals surface area contributed by atoms with E-state index in [0.717, 1.165) is 47.3 Å². The number of carbonyl (C=O) groups is 1. The third-order valence-corrected chi connectivity index (χ3v) is 6.16. The number of hydrogen-bond acceptors (Lipinski definition) is 5. The monoisotopic (exact) mass is 407 g/mol. The summed E-state index contributed by atoms with van der Waals surface area (Å²) in [6, 6.07) is 12.0. The number of amides is 1. The normalized spacial score (nSPS) is 16.8. The molecule has 0 saturated carbocycles. The first-order chi connectivity index (χ1) is 14.1. The number of aryl methyl sites for hydroxylation is 1.